The molecule has 134 valence electrons. The highest BCUT2D eigenvalue weighted by molar-refractivity contribution is 5.78. The molecular weight excluding hydrogens is 290 g/mol. The summed E-state index contributed by atoms with van der Waals surface area (Å²) >= 11 is 0. The first-order valence-corrected chi connectivity index (χ1v) is 9.05. The molecule has 0 spiro atoms. The van der Waals surface area contributed by atoms with Crippen LogP contribution in [0, 0.1) is 0 Å². The van der Waals surface area contributed by atoms with Crippen molar-refractivity contribution in [1.29, 1.82) is 0 Å². The van der Waals surface area contributed by atoms with Crippen LogP contribution in [0.25, 0.3) is 0 Å². The molecular formula is C17H35N5O. The van der Waals surface area contributed by atoms with Crippen molar-refractivity contribution >= 4 is 5.96 Å². The Balaban J connectivity index is 1.99. The van der Waals surface area contributed by atoms with E-state index in [9.17, 15) is 0 Å². The third-order valence-corrected chi connectivity index (χ3v) is 5.30. The first-order valence-electron chi connectivity index (χ1n) is 9.05. The molecule has 0 amide bonds. The molecule has 6 nitrogen and oxygen atoms in total. The number of rotatable bonds is 6. The van der Waals surface area contributed by atoms with Crippen molar-refractivity contribution in [3.8, 4) is 0 Å². The van der Waals surface area contributed by atoms with E-state index >= 15 is 0 Å². The quantitative estimate of drug-likeness (QED) is 0.560. The maximum absolute atomic E-state index is 6.09. The largest absolute Gasteiger partial charge is 0.383 e. The lowest BCUT2D eigenvalue weighted by Crippen LogP contribution is -2.58. The van der Waals surface area contributed by atoms with Gasteiger partial charge in [-0.25, -0.2) is 0 Å². The summed E-state index contributed by atoms with van der Waals surface area (Å²) in [5.74, 6) is 0.546. The number of hydrogen-bond acceptors (Lipinski definition) is 4. The van der Waals surface area contributed by atoms with E-state index in [0.717, 1.165) is 19.6 Å². The van der Waals surface area contributed by atoms with Gasteiger partial charge in [0.25, 0.3) is 0 Å². The number of hydrogen-bond donors (Lipinski definition) is 2. The average molecular weight is 326 g/mol. The van der Waals surface area contributed by atoms with Gasteiger partial charge in [-0.1, -0.05) is 6.42 Å². The fourth-order valence-corrected chi connectivity index (χ4v) is 3.80. The number of ether oxygens (including phenoxy) is 1. The Labute approximate surface area is 141 Å². The minimum Gasteiger partial charge on any atom is -0.383 e. The van der Waals surface area contributed by atoms with Crippen molar-refractivity contribution in [2.75, 3.05) is 53.5 Å². The Morgan fingerprint density at radius 3 is 2.48 bits per heavy atom. The van der Waals surface area contributed by atoms with E-state index in [1.807, 2.05) is 0 Å². The Kier molecular flexibility index (Phi) is 7.11. The Hall–Kier alpha value is -0.850. The van der Waals surface area contributed by atoms with Crippen LogP contribution in [0.1, 0.15) is 39.0 Å². The predicted octanol–water partition coefficient (Wildman–Crippen LogP) is 0.876. The number of piperidine rings is 2. The number of likely N-dealkylation sites (tertiary alicyclic amines) is 2. The number of nitrogens with zero attached hydrogens (tertiary/aromatic N) is 3. The second-order valence-electron chi connectivity index (χ2n) is 7.28. The fraction of sp³-hybridized carbons (Fsp3) is 0.941. The predicted molar refractivity (Wildman–Crippen MR) is 95.8 cm³/mol. The summed E-state index contributed by atoms with van der Waals surface area (Å²) in [4.78, 5) is 9.83. The third kappa shape index (κ3) is 5.33. The van der Waals surface area contributed by atoms with Gasteiger partial charge in [0.05, 0.1) is 13.2 Å². The van der Waals surface area contributed by atoms with Crippen molar-refractivity contribution in [1.82, 2.24) is 15.1 Å². The molecule has 0 aromatic rings. The van der Waals surface area contributed by atoms with Crippen LogP contribution in [0.3, 0.4) is 0 Å². The maximum Gasteiger partial charge on any atom is 0.188 e. The van der Waals surface area contributed by atoms with E-state index < -0.39 is 0 Å². The highest BCUT2D eigenvalue weighted by atomic mass is 16.5. The second kappa shape index (κ2) is 8.85. The summed E-state index contributed by atoms with van der Waals surface area (Å²) < 4.78 is 5.14. The molecule has 0 radical (unpaired) electrons. The van der Waals surface area contributed by atoms with E-state index in [0.29, 0.717) is 12.6 Å². The highest BCUT2D eigenvalue weighted by Crippen LogP contribution is 2.31. The van der Waals surface area contributed by atoms with Gasteiger partial charge in [-0.2, -0.15) is 0 Å². The Bertz CT molecular complexity index is 373. The van der Waals surface area contributed by atoms with Gasteiger partial charge in [0.15, 0.2) is 5.96 Å². The lowest BCUT2D eigenvalue weighted by atomic mass is 9.84. The molecule has 2 fully saturated rings. The van der Waals surface area contributed by atoms with Crippen molar-refractivity contribution in [2.24, 2.45) is 10.7 Å². The van der Waals surface area contributed by atoms with Gasteiger partial charge in [-0.05, 0) is 65.8 Å². The second-order valence-corrected chi connectivity index (χ2v) is 7.28. The zero-order chi connectivity index (χ0) is 16.7. The first kappa shape index (κ1) is 18.5. The van der Waals surface area contributed by atoms with Crippen molar-refractivity contribution in [2.45, 2.75) is 50.6 Å². The number of aliphatic imine (C=N–C) groups is 1. The maximum atomic E-state index is 6.09. The standard InChI is InChI=1S/C17H35N5O/c1-15(13-23-3)20-16(18)19-14-17(7-11-21(2)12-8-17)22-9-5-4-6-10-22/h15H,4-14H2,1-3H3,(H3,18,19,20). The number of methoxy groups -OCH3 is 1. The molecule has 0 saturated carbocycles. The highest BCUT2D eigenvalue weighted by Gasteiger charge is 2.39. The van der Waals surface area contributed by atoms with Gasteiger partial charge >= 0.3 is 0 Å². The zero-order valence-electron chi connectivity index (χ0n) is 15.2. The topological polar surface area (TPSA) is 66.1 Å². The number of nitrogens with one attached hydrogen (secondary N) is 1. The molecule has 2 rings (SSSR count). The molecule has 3 N–H and O–H groups in total. The monoisotopic (exact) mass is 325 g/mol. The van der Waals surface area contributed by atoms with E-state index in [1.54, 1.807) is 7.11 Å². The lowest BCUT2D eigenvalue weighted by Gasteiger charge is -2.49. The van der Waals surface area contributed by atoms with Gasteiger partial charge in [0.1, 0.15) is 0 Å². The van der Waals surface area contributed by atoms with Crippen molar-refractivity contribution < 1.29 is 4.74 Å². The molecule has 2 aliphatic heterocycles. The molecule has 1 atom stereocenters. The van der Waals surface area contributed by atoms with Gasteiger partial charge in [0, 0.05) is 18.7 Å². The van der Waals surface area contributed by atoms with E-state index in [-0.39, 0.29) is 11.6 Å². The van der Waals surface area contributed by atoms with Crippen LogP contribution < -0.4 is 11.1 Å². The summed E-state index contributed by atoms with van der Waals surface area (Å²) in [6, 6.07) is 0.187. The lowest BCUT2D eigenvalue weighted by molar-refractivity contribution is 0.0208. The van der Waals surface area contributed by atoms with Gasteiger partial charge in [-0.15, -0.1) is 0 Å². The minimum absolute atomic E-state index is 0.187. The van der Waals surface area contributed by atoms with Gasteiger partial charge < -0.3 is 20.7 Å². The molecule has 0 aromatic carbocycles. The Morgan fingerprint density at radius 2 is 1.87 bits per heavy atom. The first-order chi connectivity index (χ1) is 11.1. The smallest absolute Gasteiger partial charge is 0.188 e. The average Bonchev–Trinajstić information content (AvgIpc) is 2.56. The molecule has 2 heterocycles. The van der Waals surface area contributed by atoms with Crippen LogP contribution in [0.5, 0.6) is 0 Å². The van der Waals surface area contributed by atoms with E-state index in [1.165, 1.54) is 45.2 Å². The van der Waals surface area contributed by atoms with Crippen LogP contribution in [0.15, 0.2) is 4.99 Å². The van der Waals surface area contributed by atoms with Crippen LogP contribution in [-0.2, 0) is 4.74 Å². The number of guanidine groups is 1. The zero-order valence-corrected chi connectivity index (χ0v) is 15.2. The molecule has 23 heavy (non-hydrogen) atoms. The number of nitrogens with two attached hydrogens (primary N) is 1. The third-order valence-electron chi connectivity index (χ3n) is 5.30. The normalized spacial score (nSPS) is 25.3. The van der Waals surface area contributed by atoms with Gasteiger partial charge in [0.2, 0.25) is 0 Å². The van der Waals surface area contributed by atoms with Crippen LogP contribution in [0.2, 0.25) is 0 Å². The molecule has 1 unspecified atom stereocenters. The van der Waals surface area contributed by atoms with Crippen molar-refractivity contribution in [3.63, 3.8) is 0 Å². The molecule has 0 bridgehead atoms. The molecule has 0 aromatic heterocycles. The Morgan fingerprint density at radius 1 is 1.22 bits per heavy atom. The fourth-order valence-electron chi connectivity index (χ4n) is 3.80. The summed E-state index contributed by atoms with van der Waals surface area (Å²) in [7, 11) is 3.92. The molecule has 2 aliphatic rings. The van der Waals surface area contributed by atoms with Crippen LogP contribution >= 0.6 is 0 Å². The van der Waals surface area contributed by atoms with Crippen molar-refractivity contribution in [3.05, 3.63) is 0 Å². The molecule has 2 saturated heterocycles. The summed E-state index contributed by atoms with van der Waals surface area (Å²) in [6.45, 7) is 8.23. The van der Waals surface area contributed by atoms with E-state index in [2.05, 4.69) is 29.1 Å². The summed E-state index contributed by atoms with van der Waals surface area (Å²) in [6.07, 6.45) is 6.38. The van der Waals surface area contributed by atoms with Gasteiger partial charge in [-0.3, -0.25) is 9.89 Å². The summed E-state index contributed by atoms with van der Waals surface area (Å²) in [5, 5.41) is 3.22. The van der Waals surface area contributed by atoms with Crippen LogP contribution in [0.4, 0.5) is 0 Å². The molecule has 0 aliphatic carbocycles. The minimum atomic E-state index is 0.187. The SMILES string of the molecule is COCC(C)NC(N)=NCC1(N2CCCCC2)CCN(C)CC1. The summed E-state index contributed by atoms with van der Waals surface area (Å²) in [5.41, 5.74) is 6.29. The van der Waals surface area contributed by atoms with Crippen LogP contribution in [-0.4, -0.2) is 80.8 Å². The molecule has 6 heteroatoms. The van der Waals surface area contributed by atoms with E-state index in [4.69, 9.17) is 15.5 Å².